The minimum Gasteiger partial charge on any atom is -0.394 e. The predicted molar refractivity (Wildman–Crippen MR) is 49.6 cm³/mol. The fourth-order valence-corrected chi connectivity index (χ4v) is 1.01. The third kappa shape index (κ3) is 2.71. The summed E-state index contributed by atoms with van der Waals surface area (Å²) in [5.74, 6) is -3.67. The molecule has 1 aromatic rings. The highest BCUT2D eigenvalue weighted by atomic mass is 19.2. The number of rotatable bonds is 4. The standard InChI is InChI=1S/C9H10F2N2O3/c10-7-6(1-2-12-8(7)11)9(16)13-5(3-14)4-15/h1-2,5,14-15H,3-4H2,(H,13,16). The van der Waals surface area contributed by atoms with Gasteiger partial charge in [0.05, 0.1) is 24.8 Å². The number of hydrogen-bond donors (Lipinski definition) is 3. The van der Waals surface area contributed by atoms with Crippen LogP contribution in [0.3, 0.4) is 0 Å². The first-order chi connectivity index (χ1) is 7.60. The van der Waals surface area contributed by atoms with E-state index in [0.29, 0.717) is 0 Å². The zero-order chi connectivity index (χ0) is 12.1. The van der Waals surface area contributed by atoms with Crippen molar-refractivity contribution in [3.05, 3.63) is 29.6 Å². The van der Waals surface area contributed by atoms with Crippen molar-refractivity contribution in [2.24, 2.45) is 0 Å². The Bertz CT molecular complexity index is 383. The first-order valence-electron chi connectivity index (χ1n) is 4.42. The summed E-state index contributed by atoms with van der Waals surface area (Å²) in [6.07, 6.45) is 0.945. The number of nitrogens with zero attached hydrogens (tertiary/aromatic N) is 1. The molecule has 0 bridgehead atoms. The smallest absolute Gasteiger partial charge is 0.254 e. The van der Waals surface area contributed by atoms with Gasteiger partial charge in [-0.3, -0.25) is 4.79 Å². The quantitative estimate of drug-likeness (QED) is 0.608. The van der Waals surface area contributed by atoms with E-state index in [1.54, 1.807) is 0 Å². The second kappa shape index (κ2) is 5.47. The first-order valence-corrected chi connectivity index (χ1v) is 4.42. The van der Waals surface area contributed by atoms with Crippen LogP contribution in [0.5, 0.6) is 0 Å². The molecule has 1 heterocycles. The molecule has 0 saturated heterocycles. The van der Waals surface area contributed by atoms with E-state index in [4.69, 9.17) is 10.2 Å². The zero-order valence-corrected chi connectivity index (χ0v) is 8.15. The van der Waals surface area contributed by atoms with Crippen LogP contribution < -0.4 is 5.32 Å². The van der Waals surface area contributed by atoms with E-state index in [2.05, 4.69) is 10.3 Å². The highest BCUT2D eigenvalue weighted by Crippen LogP contribution is 2.08. The number of amides is 1. The van der Waals surface area contributed by atoms with Gasteiger partial charge in [-0.2, -0.15) is 4.39 Å². The predicted octanol–water partition coefficient (Wildman–Crippen LogP) is -0.557. The summed E-state index contributed by atoms with van der Waals surface area (Å²) < 4.78 is 25.8. The first kappa shape index (κ1) is 12.5. The Kier molecular flexibility index (Phi) is 4.27. The van der Waals surface area contributed by atoms with E-state index in [0.717, 1.165) is 12.3 Å². The fraction of sp³-hybridized carbons (Fsp3) is 0.333. The number of nitrogens with one attached hydrogen (secondary N) is 1. The average Bonchev–Trinajstić information content (AvgIpc) is 2.29. The molecule has 1 rings (SSSR count). The van der Waals surface area contributed by atoms with Gasteiger partial charge in [0, 0.05) is 6.20 Å². The maximum Gasteiger partial charge on any atom is 0.254 e. The van der Waals surface area contributed by atoms with Crippen molar-refractivity contribution >= 4 is 5.91 Å². The Morgan fingerprint density at radius 3 is 2.62 bits per heavy atom. The van der Waals surface area contributed by atoms with Crippen LogP contribution in [0, 0.1) is 11.8 Å². The summed E-state index contributed by atoms with van der Waals surface area (Å²) in [6, 6.07) is 0.0858. The second-order valence-corrected chi connectivity index (χ2v) is 3.00. The third-order valence-corrected chi connectivity index (χ3v) is 1.87. The molecule has 0 unspecified atom stereocenters. The highest BCUT2D eigenvalue weighted by Gasteiger charge is 2.18. The molecular formula is C9H10F2N2O3. The van der Waals surface area contributed by atoms with Gasteiger partial charge in [0.15, 0.2) is 5.82 Å². The van der Waals surface area contributed by atoms with Gasteiger partial charge in [-0.1, -0.05) is 0 Å². The van der Waals surface area contributed by atoms with Gasteiger partial charge >= 0.3 is 0 Å². The van der Waals surface area contributed by atoms with Crippen LogP contribution in [-0.4, -0.2) is 40.4 Å². The number of aliphatic hydroxyl groups is 2. The number of aliphatic hydroxyl groups excluding tert-OH is 2. The van der Waals surface area contributed by atoms with E-state index in [1.807, 2.05) is 0 Å². The summed E-state index contributed by atoms with van der Waals surface area (Å²) >= 11 is 0. The number of carbonyl (C=O) groups is 1. The lowest BCUT2D eigenvalue weighted by molar-refractivity contribution is 0.0874. The van der Waals surface area contributed by atoms with Crippen molar-refractivity contribution in [2.75, 3.05) is 13.2 Å². The number of aromatic nitrogens is 1. The summed E-state index contributed by atoms with van der Waals surface area (Å²) in [5, 5.41) is 19.5. The Morgan fingerprint density at radius 1 is 1.44 bits per heavy atom. The molecule has 0 aliphatic carbocycles. The Morgan fingerprint density at radius 2 is 2.06 bits per heavy atom. The molecule has 16 heavy (non-hydrogen) atoms. The van der Waals surface area contributed by atoms with Crippen LogP contribution >= 0.6 is 0 Å². The van der Waals surface area contributed by atoms with Gasteiger partial charge in [0.2, 0.25) is 5.95 Å². The minimum absolute atomic E-state index is 0.503. The normalized spacial score (nSPS) is 10.6. The van der Waals surface area contributed by atoms with Crippen molar-refractivity contribution in [3.63, 3.8) is 0 Å². The van der Waals surface area contributed by atoms with Crippen LogP contribution in [0.25, 0.3) is 0 Å². The number of hydrogen-bond acceptors (Lipinski definition) is 4. The topological polar surface area (TPSA) is 82.5 Å². The molecule has 88 valence electrons. The molecule has 5 nitrogen and oxygen atoms in total. The van der Waals surface area contributed by atoms with Gasteiger partial charge < -0.3 is 15.5 Å². The zero-order valence-electron chi connectivity index (χ0n) is 8.15. The Labute approximate surface area is 89.7 Å². The van der Waals surface area contributed by atoms with Crippen LogP contribution in [0.4, 0.5) is 8.78 Å². The van der Waals surface area contributed by atoms with Crippen molar-refractivity contribution < 1.29 is 23.8 Å². The summed E-state index contributed by atoms with van der Waals surface area (Å²) in [5.41, 5.74) is -0.528. The van der Waals surface area contributed by atoms with E-state index in [-0.39, 0.29) is 0 Å². The molecule has 0 aromatic carbocycles. The van der Waals surface area contributed by atoms with Crippen LogP contribution in [0.2, 0.25) is 0 Å². The molecule has 0 atom stereocenters. The largest absolute Gasteiger partial charge is 0.394 e. The maximum absolute atomic E-state index is 13.1. The van der Waals surface area contributed by atoms with E-state index < -0.39 is 42.5 Å². The molecular weight excluding hydrogens is 222 g/mol. The minimum atomic E-state index is -1.38. The molecule has 3 N–H and O–H groups in total. The van der Waals surface area contributed by atoms with Gasteiger partial charge in [-0.15, -0.1) is 0 Å². The Balaban J connectivity index is 2.84. The SMILES string of the molecule is O=C(NC(CO)CO)c1ccnc(F)c1F. The lowest BCUT2D eigenvalue weighted by Crippen LogP contribution is -2.40. The lowest BCUT2D eigenvalue weighted by atomic mass is 10.2. The molecule has 7 heteroatoms. The highest BCUT2D eigenvalue weighted by molar-refractivity contribution is 5.94. The van der Waals surface area contributed by atoms with Crippen molar-refractivity contribution in [2.45, 2.75) is 6.04 Å². The molecule has 1 aromatic heterocycles. The van der Waals surface area contributed by atoms with Crippen LogP contribution in [-0.2, 0) is 0 Å². The molecule has 0 spiro atoms. The van der Waals surface area contributed by atoms with Crippen molar-refractivity contribution in [1.29, 1.82) is 0 Å². The maximum atomic E-state index is 13.1. The van der Waals surface area contributed by atoms with Gasteiger partial charge in [0.1, 0.15) is 0 Å². The van der Waals surface area contributed by atoms with Crippen LogP contribution in [0.1, 0.15) is 10.4 Å². The number of halogens is 2. The van der Waals surface area contributed by atoms with Gasteiger partial charge in [0.25, 0.3) is 5.91 Å². The summed E-state index contributed by atoms with van der Waals surface area (Å²) in [7, 11) is 0. The van der Waals surface area contributed by atoms with Crippen LogP contribution in [0.15, 0.2) is 12.3 Å². The van der Waals surface area contributed by atoms with E-state index in [9.17, 15) is 13.6 Å². The monoisotopic (exact) mass is 232 g/mol. The third-order valence-electron chi connectivity index (χ3n) is 1.87. The molecule has 0 saturated carbocycles. The molecule has 0 aliphatic rings. The average molecular weight is 232 g/mol. The molecule has 0 fully saturated rings. The fourth-order valence-electron chi connectivity index (χ4n) is 1.01. The molecule has 0 radical (unpaired) electrons. The summed E-state index contributed by atoms with van der Waals surface area (Å²) in [4.78, 5) is 14.4. The molecule has 0 aliphatic heterocycles. The summed E-state index contributed by atoms with van der Waals surface area (Å²) in [6.45, 7) is -1.01. The van der Waals surface area contributed by atoms with E-state index in [1.165, 1.54) is 0 Å². The molecule has 1 amide bonds. The van der Waals surface area contributed by atoms with Crippen molar-refractivity contribution in [1.82, 2.24) is 10.3 Å². The Hall–Kier alpha value is -1.60. The lowest BCUT2D eigenvalue weighted by Gasteiger charge is -2.13. The number of pyridine rings is 1. The second-order valence-electron chi connectivity index (χ2n) is 3.00. The number of carbonyl (C=O) groups excluding carboxylic acids is 1. The van der Waals surface area contributed by atoms with Gasteiger partial charge in [-0.05, 0) is 6.07 Å². The van der Waals surface area contributed by atoms with E-state index >= 15 is 0 Å². The van der Waals surface area contributed by atoms with Gasteiger partial charge in [-0.25, -0.2) is 9.37 Å². The van der Waals surface area contributed by atoms with Crippen molar-refractivity contribution in [3.8, 4) is 0 Å².